The smallest absolute Gasteiger partial charge is 0.166 e. The predicted octanol–water partition coefficient (Wildman–Crippen LogP) is 1.90. The first-order chi connectivity index (χ1) is 9.84. The number of nitrogens with one attached hydrogen (secondary N) is 2. The summed E-state index contributed by atoms with van der Waals surface area (Å²) in [6.45, 7) is 6.03. The third kappa shape index (κ3) is 6.37. The molecule has 116 valence electrons. The number of nitrogens with zero attached hydrogens (tertiary/aromatic N) is 1. The van der Waals surface area contributed by atoms with E-state index in [1.807, 2.05) is 0 Å². The van der Waals surface area contributed by atoms with Crippen molar-refractivity contribution >= 4 is 17.3 Å². The van der Waals surface area contributed by atoms with Crippen LogP contribution in [0.5, 0.6) is 0 Å². The van der Waals surface area contributed by atoms with Crippen LogP contribution in [0.25, 0.3) is 0 Å². The lowest BCUT2D eigenvalue weighted by atomic mass is 10.1. The highest BCUT2D eigenvalue weighted by Gasteiger charge is 2.13. The van der Waals surface area contributed by atoms with E-state index in [0.29, 0.717) is 6.04 Å². The lowest BCUT2D eigenvalue weighted by Crippen LogP contribution is -2.43. The molecule has 0 atom stereocenters. The van der Waals surface area contributed by atoms with Gasteiger partial charge >= 0.3 is 0 Å². The number of morpholine rings is 1. The van der Waals surface area contributed by atoms with Crippen molar-refractivity contribution in [2.45, 2.75) is 51.0 Å². The first-order valence-electron chi connectivity index (χ1n) is 8.19. The molecule has 1 saturated heterocycles. The van der Waals surface area contributed by atoms with Crippen LogP contribution in [0, 0.1) is 0 Å². The SMILES string of the molecule is S=C(NCCCN1CCOCC1)NC1CCCCCC1. The summed E-state index contributed by atoms with van der Waals surface area (Å²) in [7, 11) is 0. The second-order valence-electron chi connectivity index (χ2n) is 5.90. The minimum Gasteiger partial charge on any atom is -0.379 e. The molecule has 0 spiro atoms. The summed E-state index contributed by atoms with van der Waals surface area (Å²) in [5, 5.41) is 7.68. The van der Waals surface area contributed by atoms with Crippen LogP contribution in [0.15, 0.2) is 0 Å². The zero-order valence-corrected chi connectivity index (χ0v) is 13.3. The van der Waals surface area contributed by atoms with E-state index in [9.17, 15) is 0 Å². The van der Waals surface area contributed by atoms with Crippen molar-refractivity contribution in [2.24, 2.45) is 0 Å². The van der Waals surface area contributed by atoms with Gasteiger partial charge in [-0.25, -0.2) is 0 Å². The van der Waals surface area contributed by atoms with Crippen LogP contribution in [0.4, 0.5) is 0 Å². The molecule has 20 heavy (non-hydrogen) atoms. The van der Waals surface area contributed by atoms with Gasteiger partial charge in [-0.05, 0) is 38.0 Å². The Morgan fingerprint density at radius 1 is 1.10 bits per heavy atom. The minimum absolute atomic E-state index is 0.594. The Kier molecular flexibility index (Phi) is 7.62. The molecule has 0 aromatic heterocycles. The van der Waals surface area contributed by atoms with Crippen molar-refractivity contribution in [2.75, 3.05) is 39.4 Å². The second-order valence-corrected chi connectivity index (χ2v) is 6.30. The molecule has 2 fully saturated rings. The molecular weight excluding hydrogens is 270 g/mol. The monoisotopic (exact) mass is 299 g/mol. The molecule has 2 N–H and O–H groups in total. The van der Waals surface area contributed by atoms with Gasteiger partial charge in [0.1, 0.15) is 0 Å². The Bertz CT molecular complexity index is 274. The molecule has 0 radical (unpaired) electrons. The van der Waals surface area contributed by atoms with Crippen LogP contribution in [0.2, 0.25) is 0 Å². The molecule has 0 aromatic rings. The fraction of sp³-hybridized carbons (Fsp3) is 0.933. The quantitative estimate of drug-likeness (QED) is 0.461. The maximum absolute atomic E-state index is 5.39. The van der Waals surface area contributed by atoms with Crippen molar-refractivity contribution in [1.29, 1.82) is 0 Å². The highest BCUT2D eigenvalue weighted by molar-refractivity contribution is 7.80. The van der Waals surface area contributed by atoms with Gasteiger partial charge in [-0.3, -0.25) is 4.90 Å². The molecule has 1 aliphatic heterocycles. The minimum atomic E-state index is 0.594. The fourth-order valence-corrected chi connectivity index (χ4v) is 3.26. The Hall–Kier alpha value is -0.390. The summed E-state index contributed by atoms with van der Waals surface area (Å²) >= 11 is 5.39. The van der Waals surface area contributed by atoms with Crippen LogP contribution < -0.4 is 10.6 Å². The number of hydrogen-bond acceptors (Lipinski definition) is 3. The summed E-state index contributed by atoms with van der Waals surface area (Å²) in [6, 6.07) is 0.594. The maximum atomic E-state index is 5.39. The number of thiocarbonyl (C=S) groups is 1. The molecule has 1 saturated carbocycles. The molecule has 1 aliphatic carbocycles. The highest BCUT2D eigenvalue weighted by atomic mass is 32.1. The third-order valence-electron chi connectivity index (χ3n) is 4.23. The van der Waals surface area contributed by atoms with Crippen molar-refractivity contribution in [1.82, 2.24) is 15.5 Å². The zero-order valence-electron chi connectivity index (χ0n) is 12.5. The first-order valence-corrected chi connectivity index (χ1v) is 8.60. The Labute approximate surface area is 128 Å². The summed E-state index contributed by atoms with van der Waals surface area (Å²) in [4.78, 5) is 2.47. The van der Waals surface area contributed by atoms with Gasteiger partial charge in [0.2, 0.25) is 0 Å². The largest absolute Gasteiger partial charge is 0.379 e. The van der Waals surface area contributed by atoms with Crippen molar-refractivity contribution in [3.05, 3.63) is 0 Å². The Balaban J connectivity index is 1.50. The van der Waals surface area contributed by atoms with Gasteiger partial charge in [-0.2, -0.15) is 0 Å². The van der Waals surface area contributed by atoms with Crippen molar-refractivity contribution < 1.29 is 4.74 Å². The summed E-state index contributed by atoms with van der Waals surface area (Å²) < 4.78 is 5.35. The van der Waals surface area contributed by atoms with E-state index in [4.69, 9.17) is 17.0 Å². The maximum Gasteiger partial charge on any atom is 0.166 e. The predicted molar refractivity (Wildman–Crippen MR) is 87.1 cm³/mol. The molecule has 2 rings (SSSR count). The standard InChI is InChI=1S/C15H29N3OS/c20-15(17-14-6-3-1-2-4-7-14)16-8-5-9-18-10-12-19-13-11-18/h14H,1-13H2,(H2,16,17,20). The van der Waals surface area contributed by atoms with Gasteiger partial charge in [0.05, 0.1) is 13.2 Å². The van der Waals surface area contributed by atoms with Gasteiger partial charge < -0.3 is 15.4 Å². The molecule has 0 aromatic carbocycles. The lowest BCUT2D eigenvalue weighted by molar-refractivity contribution is 0.0376. The summed E-state index contributed by atoms with van der Waals surface area (Å²) in [5.74, 6) is 0. The molecule has 4 nitrogen and oxygen atoms in total. The first kappa shape index (κ1) is 16.0. The van der Waals surface area contributed by atoms with Crippen molar-refractivity contribution in [3.63, 3.8) is 0 Å². The van der Waals surface area contributed by atoms with Crippen molar-refractivity contribution in [3.8, 4) is 0 Å². The third-order valence-corrected chi connectivity index (χ3v) is 4.49. The molecule has 1 heterocycles. The molecule has 5 heteroatoms. The fourth-order valence-electron chi connectivity index (χ4n) is 2.99. The van der Waals surface area contributed by atoms with Gasteiger partial charge in [0, 0.05) is 25.7 Å². The topological polar surface area (TPSA) is 36.5 Å². The van der Waals surface area contributed by atoms with Crippen LogP contribution in [-0.4, -0.2) is 55.4 Å². The molecular formula is C15H29N3OS. The van der Waals surface area contributed by atoms with E-state index < -0.39 is 0 Å². The zero-order chi connectivity index (χ0) is 14.0. The Morgan fingerprint density at radius 3 is 2.50 bits per heavy atom. The van der Waals surface area contributed by atoms with Crippen LogP contribution in [0.3, 0.4) is 0 Å². The average molecular weight is 299 g/mol. The summed E-state index contributed by atoms with van der Waals surface area (Å²) in [6.07, 6.45) is 9.15. The summed E-state index contributed by atoms with van der Waals surface area (Å²) in [5.41, 5.74) is 0. The van der Waals surface area contributed by atoms with Crippen LogP contribution in [-0.2, 0) is 4.74 Å². The van der Waals surface area contributed by atoms with E-state index in [0.717, 1.165) is 50.9 Å². The van der Waals surface area contributed by atoms with Gasteiger partial charge in [-0.1, -0.05) is 25.7 Å². The number of rotatable bonds is 5. The molecule has 0 unspecified atom stereocenters. The van der Waals surface area contributed by atoms with E-state index in [2.05, 4.69) is 15.5 Å². The van der Waals surface area contributed by atoms with E-state index in [1.54, 1.807) is 0 Å². The van der Waals surface area contributed by atoms with E-state index in [1.165, 1.54) is 38.5 Å². The number of ether oxygens (including phenoxy) is 1. The highest BCUT2D eigenvalue weighted by Crippen LogP contribution is 2.16. The Morgan fingerprint density at radius 2 is 1.80 bits per heavy atom. The van der Waals surface area contributed by atoms with Gasteiger partial charge in [0.25, 0.3) is 0 Å². The van der Waals surface area contributed by atoms with E-state index >= 15 is 0 Å². The van der Waals surface area contributed by atoms with E-state index in [-0.39, 0.29) is 0 Å². The lowest BCUT2D eigenvalue weighted by Gasteiger charge is -2.26. The normalized spacial score (nSPS) is 22.2. The van der Waals surface area contributed by atoms with Gasteiger partial charge in [-0.15, -0.1) is 0 Å². The number of hydrogen-bond donors (Lipinski definition) is 2. The second kappa shape index (κ2) is 9.53. The van der Waals surface area contributed by atoms with Crippen LogP contribution >= 0.6 is 12.2 Å². The molecule has 0 bridgehead atoms. The van der Waals surface area contributed by atoms with Gasteiger partial charge in [0.15, 0.2) is 5.11 Å². The van der Waals surface area contributed by atoms with Crippen LogP contribution in [0.1, 0.15) is 44.9 Å². The average Bonchev–Trinajstić information content (AvgIpc) is 2.73. The molecule has 0 amide bonds. The molecule has 2 aliphatic rings.